The molecule has 0 amide bonds. The number of nitrogens with zero attached hydrogens (tertiary/aromatic N) is 2. The average Bonchev–Trinajstić information content (AvgIpc) is 2.70. The molecule has 0 radical (unpaired) electrons. The molecule has 98 valence electrons. The maximum absolute atomic E-state index is 12.2. The van der Waals surface area contributed by atoms with Crippen molar-refractivity contribution in [3.05, 3.63) is 41.2 Å². The molecule has 0 fully saturated rings. The van der Waals surface area contributed by atoms with Crippen molar-refractivity contribution >= 4 is 15.7 Å². The Morgan fingerprint density at radius 3 is 2.37 bits per heavy atom. The molecule has 0 saturated heterocycles. The largest absolute Gasteiger partial charge is 0.280 e. The highest BCUT2D eigenvalue weighted by Crippen LogP contribution is 2.21. The van der Waals surface area contributed by atoms with Gasteiger partial charge in [-0.25, -0.2) is 8.42 Å². The van der Waals surface area contributed by atoms with E-state index in [0.717, 1.165) is 0 Å². The van der Waals surface area contributed by atoms with Gasteiger partial charge in [0.15, 0.2) is 0 Å². The minimum atomic E-state index is -3.67. The highest BCUT2D eigenvalue weighted by atomic mass is 32.2. The molecule has 0 saturated carbocycles. The van der Waals surface area contributed by atoms with Crippen LogP contribution in [0.3, 0.4) is 0 Å². The predicted octanol–water partition coefficient (Wildman–Crippen LogP) is 1.70. The fourth-order valence-corrected chi connectivity index (χ4v) is 2.78. The fraction of sp³-hybridized carbons (Fsp3) is 0.167. The summed E-state index contributed by atoms with van der Waals surface area (Å²) in [5.41, 5.74) is 2.09. The second-order valence-electron chi connectivity index (χ2n) is 4.05. The maximum atomic E-state index is 12.2. The first-order valence-electron chi connectivity index (χ1n) is 5.48. The second-order valence-corrected chi connectivity index (χ2v) is 5.73. The van der Waals surface area contributed by atoms with Gasteiger partial charge in [-0.1, -0.05) is 0 Å². The monoisotopic (exact) mass is 276 g/mol. The molecule has 1 heterocycles. The summed E-state index contributed by atoms with van der Waals surface area (Å²) in [5, 5.41) is 15.3. The summed E-state index contributed by atoms with van der Waals surface area (Å²) in [6.07, 6.45) is 0. The van der Waals surface area contributed by atoms with Crippen molar-refractivity contribution in [2.24, 2.45) is 0 Å². The Hall–Kier alpha value is -2.33. The number of benzene rings is 1. The van der Waals surface area contributed by atoms with Crippen LogP contribution < -0.4 is 4.72 Å². The lowest BCUT2D eigenvalue weighted by Crippen LogP contribution is -2.13. The molecule has 0 spiro atoms. The zero-order valence-corrected chi connectivity index (χ0v) is 11.2. The summed E-state index contributed by atoms with van der Waals surface area (Å²) in [6, 6.07) is 7.65. The molecule has 19 heavy (non-hydrogen) atoms. The van der Waals surface area contributed by atoms with Crippen LogP contribution in [0.1, 0.15) is 17.0 Å². The average molecular weight is 276 g/mol. The zero-order valence-electron chi connectivity index (χ0n) is 10.4. The van der Waals surface area contributed by atoms with Gasteiger partial charge in [-0.3, -0.25) is 9.82 Å². The van der Waals surface area contributed by atoms with Gasteiger partial charge in [0.1, 0.15) is 0 Å². The minimum absolute atomic E-state index is 0.103. The van der Waals surface area contributed by atoms with Gasteiger partial charge in [-0.15, -0.1) is 0 Å². The molecule has 6 nitrogen and oxygen atoms in total. The van der Waals surface area contributed by atoms with Gasteiger partial charge in [0, 0.05) is 0 Å². The van der Waals surface area contributed by atoms with E-state index < -0.39 is 10.0 Å². The molecular weight excluding hydrogens is 264 g/mol. The Bertz CT molecular complexity index is 720. The zero-order chi connectivity index (χ0) is 14.0. The first-order valence-corrected chi connectivity index (χ1v) is 6.97. The first-order chi connectivity index (χ1) is 8.94. The summed E-state index contributed by atoms with van der Waals surface area (Å²) in [5.74, 6) is 0. The Balaban J connectivity index is 2.35. The van der Waals surface area contributed by atoms with Crippen molar-refractivity contribution in [2.75, 3.05) is 4.72 Å². The lowest BCUT2D eigenvalue weighted by atomic mass is 10.2. The van der Waals surface area contributed by atoms with E-state index in [0.29, 0.717) is 22.6 Å². The van der Waals surface area contributed by atoms with Crippen LogP contribution in [0.4, 0.5) is 5.69 Å². The number of sulfonamides is 1. The van der Waals surface area contributed by atoms with Crippen LogP contribution in [0.5, 0.6) is 0 Å². The Morgan fingerprint density at radius 2 is 1.89 bits per heavy atom. The Labute approximate surface area is 111 Å². The molecule has 0 bridgehead atoms. The lowest BCUT2D eigenvalue weighted by Gasteiger charge is -2.08. The molecule has 7 heteroatoms. The summed E-state index contributed by atoms with van der Waals surface area (Å²) in [6.45, 7) is 3.44. The highest BCUT2D eigenvalue weighted by Gasteiger charge is 2.17. The van der Waals surface area contributed by atoms with Crippen LogP contribution in [-0.2, 0) is 10.0 Å². The SMILES string of the molecule is Cc1n[nH]c(C)c1NS(=O)(=O)c1ccc(C#N)cc1. The minimum Gasteiger partial charge on any atom is -0.280 e. The molecule has 1 aromatic heterocycles. The van der Waals surface area contributed by atoms with Crippen LogP contribution in [0.25, 0.3) is 0 Å². The van der Waals surface area contributed by atoms with E-state index in [9.17, 15) is 8.42 Å². The molecule has 0 aliphatic carbocycles. The van der Waals surface area contributed by atoms with Crippen LogP contribution in [-0.4, -0.2) is 18.6 Å². The molecule has 1 aromatic carbocycles. The van der Waals surface area contributed by atoms with E-state index in [-0.39, 0.29) is 4.90 Å². The van der Waals surface area contributed by atoms with Crippen LogP contribution in [0.2, 0.25) is 0 Å². The number of nitrogens with one attached hydrogen (secondary N) is 2. The summed E-state index contributed by atoms with van der Waals surface area (Å²) >= 11 is 0. The molecule has 0 aliphatic heterocycles. The number of hydrogen-bond acceptors (Lipinski definition) is 4. The smallest absolute Gasteiger partial charge is 0.262 e. The number of anilines is 1. The molecule has 0 aliphatic rings. The quantitative estimate of drug-likeness (QED) is 0.891. The predicted molar refractivity (Wildman–Crippen MR) is 70.0 cm³/mol. The normalized spacial score (nSPS) is 11.0. The van der Waals surface area contributed by atoms with Crippen LogP contribution >= 0.6 is 0 Å². The highest BCUT2D eigenvalue weighted by molar-refractivity contribution is 7.92. The number of aryl methyl sites for hydroxylation is 2. The van der Waals surface area contributed by atoms with Crippen molar-refractivity contribution in [3.8, 4) is 6.07 Å². The van der Waals surface area contributed by atoms with Crippen LogP contribution in [0, 0.1) is 25.2 Å². The number of rotatable bonds is 3. The van der Waals surface area contributed by atoms with Gasteiger partial charge in [-0.2, -0.15) is 10.4 Å². The second kappa shape index (κ2) is 4.74. The summed E-state index contributed by atoms with van der Waals surface area (Å²) in [7, 11) is -3.67. The third-order valence-electron chi connectivity index (χ3n) is 2.66. The summed E-state index contributed by atoms with van der Waals surface area (Å²) in [4.78, 5) is 0.103. The van der Waals surface area contributed by atoms with Crippen molar-refractivity contribution in [1.82, 2.24) is 10.2 Å². The van der Waals surface area contributed by atoms with Crippen LogP contribution in [0.15, 0.2) is 29.2 Å². The summed E-state index contributed by atoms with van der Waals surface area (Å²) < 4.78 is 26.8. The molecular formula is C12H12N4O2S. The van der Waals surface area contributed by atoms with Crippen molar-refractivity contribution in [2.45, 2.75) is 18.7 Å². The third-order valence-corrected chi connectivity index (χ3v) is 4.02. The first kappa shape index (κ1) is 13.1. The van der Waals surface area contributed by atoms with E-state index in [1.165, 1.54) is 24.3 Å². The van der Waals surface area contributed by atoms with Gasteiger partial charge in [-0.05, 0) is 38.1 Å². The Kier molecular flexibility index (Phi) is 3.27. The van der Waals surface area contributed by atoms with E-state index in [1.807, 2.05) is 6.07 Å². The molecule has 2 N–H and O–H groups in total. The number of hydrogen-bond donors (Lipinski definition) is 2. The van der Waals surface area contributed by atoms with Crippen molar-refractivity contribution in [3.63, 3.8) is 0 Å². The standard InChI is InChI=1S/C12H12N4O2S/c1-8-12(9(2)15-14-8)16-19(17,18)11-5-3-10(7-13)4-6-11/h3-6,16H,1-2H3,(H,14,15). The molecule has 0 unspecified atom stereocenters. The van der Waals surface area contributed by atoms with Crippen molar-refractivity contribution in [1.29, 1.82) is 5.26 Å². The number of nitriles is 1. The van der Waals surface area contributed by atoms with E-state index >= 15 is 0 Å². The lowest BCUT2D eigenvalue weighted by molar-refractivity contribution is 0.601. The van der Waals surface area contributed by atoms with Gasteiger partial charge in [0.05, 0.1) is 33.6 Å². The van der Waals surface area contributed by atoms with E-state index in [2.05, 4.69) is 14.9 Å². The number of aromatic nitrogens is 2. The number of H-pyrrole nitrogens is 1. The van der Waals surface area contributed by atoms with Crippen molar-refractivity contribution < 1.29 is 8.42 Å². The fourth-order valence-electron chi connectivity index (χ4n) is 1.60. The van der Waals surface area contributed by atoms with Gasteiger partial charge in [0.2, 0.25) is 0 Å². The molecule has 2 aromatic rings. The van der Waals surface area contributed by atoms with Gasteiger partial charge < -0.3 is 0 Å². The van der Waals surface area contributed by atoms with Gasteiger partial charge >= 0.3 is 0 Å². The van der Waals surface area contributed by atoms with E-state index in [4.69, 9.17) is 5.26 Å². The topological polar surface area (TPSA) is 98.6 Å². The molecule has 2 rings (SSSR count). The van der Waals surface area contributed by atoms with E-state index in [1.54, 1.807) is 13.8 Å². The number of aromatic amines is 1. The maximum Gasteiger partial charge on any atom is 0.262 e. The third kappa shape index (κ3) is 2.58. The Morgan fingerprint density at radius 1 is 1.26 bits per heavy atom. The van der Waals surface area contributed by atoms with Gasteiger partial charge in [0.25, 0.3) is 10.0 Å². The molecule has 0 atom stereocenters.